The number of sulfone groups is 1. The number of carbonyl (C=O) groups excluding carboxylic acids is 1. The summed E-state index contributed by atoms with van der Waals surface area (Å²) in [6.07, 6.45) is 3.61. The Morgan fingerprint density at radius 3 is 2.43 bits per heavy atom. The largest absolute Gasteiger partial charge is 0.341 e. The minimum absolute atomic E-state index is 0.00885. The molecule has 5 nitrogen and oxygen atoms in total. The van der Waals surface area contributed by atoms with Crippen LogP contribution in [0.4, 0.5) is 0 Å². The first-order valence-corrected chi connectivity index (χ1v) is 12.2. The minimum Gasteiger partial charge on any atom is -0.341 e. The van der Waals surface area contributed by atoms with Crippen molar-refractivity contribution in [1.29, 1.82) is 0 Å². The van der Waals surface area contributed by atoms with Gasteiger partial charge in [-0.3, -0.25) is 4.79 Å². The van der Waals surface area contributed by atoms with Gasteiger partial charge in [0.05, 0.1) is 10.6 Å². The summed E-state index contributed by atoms with van der Waals surface area (Å²) in [6.45, 7) is 7.50. The Hall–Kier alpha value is -2.60. The van der Waals surface area contributed by atoms with Gasteiger partial charge in [0.25, 0.3) is 0 Å². The van der Waals surface area contributed by atoms with E-state index in [9.17, 15) is 13.2 Å². The molecule has 3 aromatic rings. The van der Waals surface area contributed by atoms with Crippen molar-refractivity contribution in [3.8, 4) is 0 Å². The zero-order valence-electron chi connectivity index (χ0n) is 18.0. The topological polar surface area (TPSA) is 59.4 Å². The maximum atomic E-state index is 13.3. The lowest BCUT2D eigenvalue weighted by atomic mass is 10.1. The molecule has 0 bridgehead atoms. The summed E-state index contributed by atoms with van der Waals surface area (Å²) in [5, 5.41) is 0.662. The second-order valence-electron chi connectivity index (χ2n) is 7.65. The van der Waals surface area contributed by atoms with Gasteiger partial charge >= 0.3 is 0 Å². The van der Waals surface area contributed by atoms with Gasteiger partial charge in [-0.05, 0) is 37.5 Å². The highest BCUT2D eigenvalue weighted by atomic mass is 32.2. The van der Waals surface area contributed by atoms with Crippen LogP contribution in [0.2, 0.25) is 0 Å². The maximum Gasteiger partial charge on any atom is 0.242 e. The van der Waals surface area contributed by atoms with Crippen LogP contribution >= 0.6 is 0 Å². The third-order valence-electron chi connectivity index (χ3n) is 5.52. The van der Waals surface area contributed by atoms with E-state index < -0.39 is 9.84 Å². The van der Waals surface area contributed by atoms with E-state index in [-0.39, 0.29) is 23.1 Å². The average Bonchev–Trinajstić information content (AvgIpc) is 3.10. The summed E-state index contributed by atoms with van der Waals surface area (Å²) in [6, 6.07) is 14.9. The second kappa shape index (κ2) is 9.47. The molecule has 3 rings (SSSR count). The Bertz CT molecular complexity index is 1130. The molecule has 1 amide bonds. The molecule has 0 atom stereocenters. The van der Waals surface area contributed by atoms with Crippen LogP contribution < -0.4 is 0 Å². The number of aryl methyl sites for hydroxylation is 1. The van der Waals surface area contributed by atoms with Crippen molar-refractivity contribution >= 4 is 26.6 Å². The molecule has 2 aromatic carbocycles. The van der Waals surface area contributed by atoms with Gasteiger partial charge < -0.3 is 9.47 Å². The molecule has 0 aliphatic heterocycles. The smallest absolute Gasteiger partial charge is 0.242 e. The molecule has 1 heterocycles. The molecule has 0 saturated carbocycles. The molecule has 0 spiro atoms. The summed E-state index contributed by atoms with van der Waals surface area (Å²) in [4.78, 5) is 15.0. The van der Waals surface area contributed by atoms with Gasteiger partial charge in [-0.25, -0.2) is 8.42 Å². The zero-order valence-corrected chi connectivity index (χ0v) is 18.8. The van der Waals surface area contributed by atoms with Crippen molar-refractivity contribution in [2.45, 2.75) is 50.8 Å². The van der Waals surface area contributed by atoms with E-state index >= 15 is 0 Å². The lowest BCUT2D eigenvalue weighted by molar-refractivity contribution is -0.131. The standard InChI is InChI=1S/C24H30N2O3S/c1-4-6-15-25(5-2)24(27)17-26-16-23(21-13-9-10-14-22(21)26)30(28,29)18-20-12-8-7-11-19(20)3/h7-14,16H,4-6,15,17-18H2,1-3H3. The summed E-state index contributed by atoms with van der Waals surface area (Å²) in [7, 11) is -3.56. The Labute approximate surface area is 179 Å². The predicted octanol–water partition coefficient (Wildman–Crippen LogP) is 4.57. The van der Waals surface area contributed by atoms with E-state index in [0.29, 0.717) is 11.9 Å². The lowest BCUT2D eigenvalue weighted by Gasteiger charge is -2.21. The Kier molecular flexibility index (Phi) is 6.98. The lowest BCUT2D eigenvalue weighted by Crippen LogP contribution is -2.34. The fourth-order valence-electron chi connectivity index (χ4n) is 3.70. The Morgan fingerprint density at radius 1 is 1.03 bits per heavy atom. The van der Waals surface area contributed by atoms with Crippen LogP contribution in [0.25, 0.3) is 10.9 Å². The fraction of sp³-hybridized carbons (Fsp3) is 0.375. The number of unbranched alkanes of at least 4 members (excludes halogenated alkanes) is 1. The van der Waals surface area contributed by atoms with Crippen LogP contribution in [-0.4, -0.2) is 36.9 Å². The number of aromatic nitrogens is 1. The average molecular weight is 427 g/mol. The number of likely N-dealkylation sites (N-methyl/N-ethyl adjacent to an activating group) is 1. The minimum atomic E-state index is -3.56. The Morgan fingerprint density at radius 2 is 1.73 bits per heavy atom. The molecule has 0 unspecified atom stereocenters. The molecule has 6 heteroatoms. The fourth-order valence-corrected chi connectivity index (χ4v) is 5.38. The number of rotatable bonds is 9. The highest BCUT2D eigenvalue weighted by molar-refractivity contribution is 7.90. The highest BCUT2D eigenvalue weighted by Crippen LogP contribution is 2.28. The molecule has 0 fully saturated rings. The SMILES string of the molecule is CCCCN(CC)C(=O)Cn1cc(S(=O)(=O)Cc2ccccc2C)c2ccccc21. The Balaban J connectivity index is 1.96. The summed E-state index contributed by atoms with van der Waals surface area (Å²) in [5.74, 6) is -0.0475. The monoisotopic (exact) mass is 426 g/mol. The number of carbonyl (C=O) groups is 1. The van der Waals surface area contributed by atoms with E-state index in [2.05, 4.69) is 6.92 Å². The highest BCUT2D eigenvalue weighted by Gasteiger charge is 2.23. The van der Waals surface area contributed by atoms with E-state index in [4.69, 9.17) is 0 Å². The number of amides is 1. The number of benzene rings is 2. The quantitative estimate of drug-likeness (QED) is 0.503. The molecule has 0 radical (unpaired) electrons. The number of nitrogens with zero attached hydrogens (tertiary/aromatic N) is 2. The van der Waals surface area contributed by atoms with Crippen LogP contribution in [0.1, 0.15) is 37.8 Å². The van der Waals surface area contributed by atoms with Crippen LogP contribution in [0.15, 0.2) is 59.6 Å². The molecule has 1 aromatic heterocycles. The van der Waals surface area contributed by atoms with Crippen molar-refractivity contribution in [3.05, 3.63) is 65.9 Å². The number of para-hydroxylation sites is 1. The van der Waals surface area contributed by atoms with Gasteiger partial charge in [-0.1, -0.05) is 55.8 Å². The summed E-state index contributed by atoms with van der Waals surface area (Å²) >= 11 is 0. The zero-order chi connectivity index (χ0) is 21.7. The molecule has 0 aliphatic rings. The molecular formula is C24H30N2O3S. The number of fused-ring (bicyclic) bond motifs is 1. The summed E-state index contributed by atoms with van der Waals surface area (Å²) in [5.41, 5.74) is 2.51. The molecule has 0 N–H and O–H groups in total. The van der Waals surface area contributed by atoms with E-state index in [1.807, 2.05) is 67.3 Å². The molecular weight excluding hydrogens is 396 g/mol. The normalized spacial score (nSPS) is 11.7. The van der Waals surface area contributed by atoms with Gasteiger partial charge in [-0.15, -0.1) is 0 Å². The van der Waals surface area contributed by atoms with E-state index in [1.54, 1.807) is 10.8 Å². The van der Waals surface area contributed by atoms with Crippen molar-refractivity contribution in [2.75, 3.05) is 13.1 Å². The van der Waals surface area contributed by atoms with Gasteiger partial charge in [0.15, 0.2) is 9.84 Å². The van der Waals surface area contributed by atoms with Crippen molar-refractivity contribution in [1.82, 2.24) is 9.47 Å². The van der Waals surface area contributed by atoms with Gasteiger partial charge in [0.1, 0.15) is 6.54 Å². The second-order valence-corrected chi connectivity index (χ2v) is 9.61. The molecule has 30 heavy (non-hydrogen) atoms. The third-order valence-corrected chi connectivity index (χ3v) is 7.20. The van der Waals surface area contributed by atoms with Crippen molar-refractivity contribution in [2.24, 2.45) is 0 Å². The van der Waals surface area contributed by atoms with Gasteiger partial charge in [0, 0.05) is 30.2 Å². The third kappa shape index (κ3) is 4.75. The van der Waals surface area contributed by atoms with Gasteiger partial charge in [0.2, 0.25) is 5.91 Å². The van der Waals surface area contributed by atoms with Crippen LogP contribution in [0.5, 0.6) is 0 Å². The first-order valence-electron chi connectivity index (χ1n) is 10.5. The molecule has 160 valence electrons. The van der Waals surface area contributed by atoms with Crippen molar-refractivity contribution in [3.63, 3.8) is 0 Å². The summed E-state index contributed by atoms with van der Waals surface area (Å²) < 4.78 is 28.4. The first kappa shape index (κ1) is 22.1. The number of hydrogen-bond donors (Lipinski definition) is 0. The predicted molar refractivity (Wildman–Crippen MR) is 121 cm³/mol. The molecule has 0 aliphatic carbocycles. The maximum absolute atomic E-state index is 13.3. The van der Waals surface area contributed by atoms with E-state index in [1.165, 1.54) is 0 Å². The van der Waals surface area contributed by atoms with Crippen LogP contribution in [-0.2, 0) is 26.9 Å². The van der Waals surface area contributed by atoms with E-state index in [0.717, 1.165) is 36.0 Å². The van der Waals surface area contributed by atoms with Crippen LogP contribution in [0, 0.1) is 6.92 Å². The van der Waals surface area contributed by atoms with Crippen molar-refractivity contribution < 1.29 is 13.2 Å². The van der Waals surface area contributed by atoms with Gasteiger partial charge in [-0.2, -0.15) is 0 Å². The van der Waals surface area contributed by atoms with Crippen LogP contribution in [0.3, 0.4) is 0 Å². The first-order chi connectivity index (χ1) is 14.4. The molecule has 0 saturated heterocycles. The number of hydrogen-bond acceptors (Lipinski definition) is 3.